The van der Waals surface area contributed by atoms with Crippen molar-refractivity contribution >= 4 is 40.9 Å². The van der Waals surface area contributed by atoms with E-state index in [-0.39, 0.29) is 29.0 Å². The highest BCUT2D eigenvalue weighted by Gasteiger charge is 2.27. The van der Waals surface area contributed by atoms with E-state index in [1.165, 1.54) is 11.1 Å². The van der Waals surface area contributed by atoms with Gasteiger partial charge < -0.3 is 25.4 Å². The van der Waals surface area contributed by atoms with Gasteiger partial charge in [0.15, 0.2) is 0 Å². The van der Waals surface area contributed by atoms with Gasteiger partial charge in [-0.3, -0.25) is 19.4 Å². The number of carbonyl (C=O) groups excluding carboxylic acids is 2. The average molecular weight is 779 g/mol. The number of ether oxygens (including phenoxy) is 1. The Balaban J connectivity index is 1.30. The summed E-state index contributed by atoms with van der Waals surface area (Å²) in [4.78, 5) is 45.6. The lowest BCUT2D eigenvalue weighted by Crippen LogP contribution is -2.31. The summed E-state index contributed by atoms with van der Waals surface area (Å²) in [6.07, 6.45) is 6.73. The number of carboxylic acids is 1. The van der Waals surface area contributed by atoms with E-state index < -0.39 is 11.6 Å². The van der Waals surface area contributed by atoms with Gasteiger partial charge in [0, 0.05) is 65.2 Å². The number of carboxylic acid groups (broad SMARTS) is 1. The number of fused-ring (bicyclic) bond motifs is 1. The number of rotatable bonds is 19. The van der Waals surface area contributed by atoms with Crippen LogP contribution in [0, 0.1) is 0 Å². The summed E-state index contributed by atoms with van der Waals surface area (Å²) in [5.41, 5.74) is 7.06. The second-order valence-corrected chi connectivity index (χ2v) is 17.1. The number of nitrogens with zero attached hydrogens (tertiary/aromatic N) is 2. The second kappa shape index (κ2) is 19.5. The van der Waals surface area contributed by atoms with Crippen LogP contribution in [0.15, 0.2) is 85.1 Å². The number of aliphatic carboxylic acids is 1. The lowest BCUT2D eigenvalue weighted by Gasteiger charge is -2.31. The van der Waals surface area contributed by atoms with Crippen molar-refractivity contribution in [2.75, 3.05) is 29.9 Å². The Morgan fingerprint density at radius 1 is 0.911 bits per heavy atom. The van der Waals surface area contributed by atoms with Gasteiger partial charge in [-0.1, -0.05) is 57.2 Å². The van der Waals surface area contributed by atoms with Gasteiger partial charge in [-0.15, -0.1) is 0 Å². The van der Waals surface area contributed by atoms with E-state index in [0.29, 0.717) is 41.3 Å². The fraction of sp³-hybridized carbons (Fsp3) is 0.435. The number of aromatic nitrogens is 1. The number of anilines is 2. The number of thioether (sulfide) groups is 1. The Labute approximate surface area is 337 Å². The van der Waals surface area contributed by atoms with Crippen molar-refractivity contribution in [2.24, 2.45) is 0 Å². The van der Waals surface area contributed by atoms with Crippen LogP contribution in [-0.2, 0) is 21.7 Å². The quantitative estimate of drug-likeness (QED) is 0.0861. The molecule has 298 valence electrons. The zero-order valence-electron chi connectivity index (χ0n) is 33.8. The summed E-state index contributed by atoms with van der Waals surface area (Å²) in [5, 5.41) is 15.6. The van der Waals surface area contributed by atoms with Gasteiger partial charge in [-0.2, -0.15) is 11.8 Å². The maximum Gasteiger partial charge on any atom is 0.303 e. The summed E-state index contributed by atoms with van der Waals surface area (Å²) in [7, 11) is 0. The number of hydrogen-bond donors (Lipinski definition) is 3. The Bertz CT molecular complexity index is 1980. The Hall–Kier alpha value is -4.67. The zero-order chi connectivity index (χ0) is 40.3. The van der Waals surface area contributed by atoms with Crippen LogP contribution in [0.4, 0.5) is 11.4 Å². The highest BCUT2D eigenvalue weighted by Crippen LogP contribution is 2.35. The van der Waals surface area contributed by atoms with E-state index in [0.717, 1.165) is 62.0 Å². The zero-order valence-corrected chi connectivity index (χ0v) is 34.6. The minimum absolute atomic E-state index is 0.0434. The highest BCUT2D eigenvalue weighted by molar-refractivity contribution is 7.99. The van der Waals surface area contributed by atoms with Gasteiger partial charge in [0.2, 0.25) is 0 Å². The fourth-order valence-electron chi connectivity index (χ4n) is 7.12. The molecule has 0 saturated carbocycles. The number of pyridine rings is 1. The van der Waals surface area contributed by atoms with E-state index in [1.54, 1.807) is 24.0 Å². The van der Waals surface area contributed by atoms with Crippen LogP contribution in [0.25, 0.3) is 11.3 Å². The Morgan fingerprint density at radius 2 is 1.68 bits per heavy atom. The molecule has 4 aromatic rings. The molecule has 0 radical (unpaired) electrons. The number of hydrogen-bond acceptors (Lipinski definition) is 7. The van der Waals surface area contributed by atoms with Gasteiger partial charge in [0.25, 0.3) is 11.8 Å². The highest BCUT2D eigenvalue weighted by atomic mass is 32.2. The first-order chi connectivity index (χ1) is 26.8. The summed E-state index contributed by atoms with van der Waals surface area (Å²) in [5.74, 6) is -0.473. The van der Waals surface area contributed by atoms with Gasteiger partial charge in [-0.05, 0) is 118 Å². The summed E-state index contributed by atoms with van der Waals surface area (Å²) >= 11 is 1.80. The van der Waals surface area contributed by atoms with Gasteiger partial charge in [-0.25, -0.2) is 0 Å². The standard InChI is InChI=1S/C46H58N4O5S/c1-7-46(6,24-22-42(51)52)55-27-25-45(4,5)56-31-32-14-12-17-34(28-32)43(53)49-40-21-20-36(50(8-2)9-3)30-38(40)41-29-35(23-26-47-41)44(54)48-39-19-13-16-33-15-10-11-18-37(33)39/h10-12,14-15,17-18,20-21,23,26,28-30,39H,7-9,13,16,19,22,24-25,27,31H2,1-6H3,(H,48,54)(H,49,53)(H,51,52). The normalized spacial score (nSPS) is 15.0. The van der Waals surface area contributed by atoms with Crippen molar-refractivity contribution in [1.82, 2.24) is 10.3 Å². The first-order valence-electron chi connectivity index (χ1n) is 20.0. The molecule has 9 nitrogen and oxygen atoms in total. The van der Waals surface area contributed by atoms with Gasteiger partial charge >= 0.3 is 5.97 Å². The molecule has 1 aromatic heterocycles. The second-order valence-electron chi connectivity index (χ2n) is 15.4. The lowest BCUT2D eigenvalue weighted by atomic mass is 9.87. The Kier molecular flexibility index (Phi) is 14.8. The molecule has 0 bridgehead atoms. The third-order valence-electron chi connectivity index (χ3n) is 10.9. The molecular formula is C46H58N4O5S. The van der Waals surface area contributed by atoms with Crippen LogP contribution in [0.5, 0.6) is 0 Å². The molecule has 2 unspecified atom stereocenters. The molecule has 0 spiro atoms. The predicted octanol–water partition coefficient (Wildman–Crippen LogP) is 10.1. The molecule has 3 N–H and O–H groups in total. The van der Waals surface area contributed by atoms with Crippen LogP contribution in [0.1, 0.15) is 124 Å². The van der Waals surface area contributed by atoms with Crippen molar-refractivity contribution in [1.29, 1.82) is 0 Å². The van der Waals surface area contributed by atoms with E-state index in [1.807, 2.05) is 68.4 Å². The maximum atomic E-state index is 13.9. The van der Waals surface area contributed by atoms with E-state index in [2.05, 4.69) is 61.4 Å². The third-order valence-corrected chi connectivity index (χ3v) is 12.4. The summed E-state index contributed by atoms with van der Waals surface area (Å²) in [6, 6.07) is 25.5. The van der Waals surface area contributed by atoms with Gasteiger partial charge in [0.1, 0.15) is 0 Å². The molecule has 1 heterocycles. The monoisotopic (exact) mass is 778 g/mol. The molecule has 3 aromatic carbocycles. The van der Waals surface area contributed by atoms with E-state index in [4.69, 9.17) is 14.8 Å². The summed E-state index contributed by atoms with van der Waals surface area (Å²) in [6.45, 7) is 14.8. The number of benzene rings is 3. The molecule has 2 atom stereocenters. The smallest absolute Gasteiger partial charge is 0.303 e. The fourth-order valence-corrected chi connectivity index (χ4v) is 8.08. The first kappa shape index (κ1) is 42.5. The number of aryl methyl sites for hydroxylation is 1. The number of carbonyl (C=O) groups is 3. The van der Waals surface area contributed by atoms with Crippen LogP contribution < -0.4 is 15.5 Å². The number of amides is 2. The molecule has 5 rings (SSSR count). The van der Waals surface area contributed by atoms with Crippen LogP contribution in [0.3, 0.4) is 0 Å². The SMILES string of the molecule is CCN(CC)c1ccc(NC(=O)c2cccc(CSC(C)(C)CCOC(C)(CC)CCC(=O)O)c2)c(-c2cc(C(=O)NC3CCCc4ccccc43)ccn2)c1. The molecule has 1 aliphatic rings. The molecule has 0 saturated heterocycles. The van der Waals surface area contributed by atoms with Crippen molar-refractivity contribution in [2.45, 2.75) is 109 Å². The molecule has 1 aliphatic carbocycles. The minimum atomic E-state index is -0.807. The van der Waals surface area contributed by atoms with Crippen molar-refractivity contribution in [3.05, 3.63) is 113 Å². The maximum absolute atomic E-state index is 13.9. The largest absolute Gasteiger partial charge is 0.481 e. The predicted molar refractivity (Wildman–Crippen MR) is 229 cm³/mol. The lowest BCUT2D eigenvalue weighted by molar-refractivity contribution is -0.139. The average Bonchev–Trinajstić information content (AvgIpc) is 3.20. The van der Waals surface area contributed by atoms with E-state index in [9.17, 15) is 14.4 Å². The molecule has 56 heavy (non-hydrogen) atoms. The molecule has 10 heteroatoms. The number of nitrogens with one attached hydrogen (secondary N) is 2. The molecular weight excluding hydrogens is 721 g/mol. The van der Waals surface area contributed by atoms with E-state index >= 15 is 0 Å². The molecule has 2 amide bonds. The van der Waals surface area contributed by atoms with Crippen LogP contribution >= 0.6 is 11.8 Å². The first-order valence-corrected chi connectivity index (χ1v) is 21.0. The van der Waals surface area contributed by atoms with Crippen molar-refractivity contribution in [3.63, 3.8) is 0 Å². The topological polar surface area (TPSA) is 121 Å². The van der Waals surface area contributed by atoms with Crippen LogP contribution in [-0.4, -0.2) is 57.9 Å². The van der Waals surface area contributed by atoms with Gasteiger partial charge in [0.05, 0.1) is 23.0 Å². The minimum Gasteiger partial charge on any atom is -0.481 e. The summed E-state index contributed by atoms with van der Waals surface area (Å²) < 4.78 is 6.11. The Morgan fingerprint density at radius 3 is 2.43 bits per heavy atom. The van der Waals surface area contributed by atoms with Crippen LogP contribution in [0.2, 0.25) is 0 Å². The third kappa shape index (κ3) is 11.4. The van der Waals surface area contributed by atoms with Crippen molar-refractivity contribution in [3.8, 4) is 11.3 Å². The molecule has 0 aliphatic heterocycles. The van der Waals surface area contributed by atoms with Crippen molar-refractivity contribution < 1.29 is 24.2 Å². The molecule has 0 fully saturated rings.